The molecule has 1 aromatic heterocycles. The van der Waals surface area contributed by atoms with Gasteiger partial charge in [0.05, 0.1) is 31.6 Å². The van der Waals surface area contributed by atoms with Crippen LogP contribution in [0.25, 0.3) is 11.1 Å². The number of halogens is 1. The van der Waals surface area contributed by atoms with Crippen molar-refractivity contribution in [1.82, 2.24) is 15.1 Å². The van der Waals surface area contributed by atoms with Crippen molar-refractivity contribution in [3.8, 4) is 16.9 Å². The molecule has 0 saturated heterocycles. The molecule has 0 unspecified atom stereocenters. The van der Waals surface area contributed by atoms with Crippen LogP contribution in [0.5, 0.6) is 5.75 Å². The Labute approximate surface area is 300 Å². The highest BCUT2D eigenvalue weighted by Gasteiger charge is 2.31. The number of nitrogens with one attached hydrogen (secondary N) is 2. The van der Waals surface area contributed by atoms with Gasteiger partial charge in [0.2, 0.25) is 6.04 Å². The number of carbonyl (C=O) groups excluding carboxylic acids is 4. The van der Waals surface area contributed by atoms with Gasteiger partial charge in [0.1, 0.15) is 19.0 Å². The highest BCUT2D eigenvalue weighted by atomic mass is 35.5. The monoisotopic (exact) mass is 717 g/mol. The van der Waals surface area contributed by atoms with E-state index in [0.717, 1.165) is 46.3 Å². The maximum Gasteiger partial charge on any atom is 0.414 e. The van der Waals surface area contributed by atoms with Gasteiger partial charge >= 0.3 is 24.1 Å². The summed E-state index contributed by atoms with van der Waals surface area (Å²) < 4.78 is 22.9. The van der Waals surface area contributed by atoms with Gasteiger partial charge in [-0.2, -0.15) is 5.10 Å². The molecule has 2 N–H and O–H groups in total. The number of ether oxygens (including phenoxy) is 4. The molecule has 0 fully saturated rings. The Morgan fingerprint density at radius 1 is 0.941 bits per heavy atom. The highest BCUT2D eigenvalue weighted by molar-refractivity contribution is 6.31. The minimum Gasteiger partial charge on any atom is -0.490 e. The SMILES string of the molecule is CCOC(=O)C(NC(=O)Nc1cccc(Cn2cc(-c3cccc4c3CCCN4C(=O)OCCOc3cccc(Cl)c3C)cn2)c1)C(=O)OCC. The summed E-state index contributed by atoms with van der Waals surface area (Å²) in [7, 11) is 0. The fourth-order valence-electron chi connectivity index (χ4n) is 5.67. The second-order valence-corrected chi connectivity index (χ2v) is 12.0. The summed E-state index contributed by atoms with van der Waals surface area (Å²) in [6.07, 6.45) is 4.84. The van der Waals surface area contributed by atoms with Gasteiger partial charge in [-0.15, -0.1) is 0 Å². The molecule has 0 radical (unpaired) electrons. The van der Waals surface area contributed by atoms with Crippen molar-refractivity contribution in [3.05, 3.63) is 94.8 Å². The zero-order valence-corrected chi connectivity index (χ0v) is 29.4. The standard InChI is InChI=1S/C37H40ClN5O8/c1-4-48-34(44)33(35(45)49-5-2)41-36(46)40-27-11-6-10-25(20-27)22-42-23-26(21-39-42)28-12-7-15-31-29(28)13-9-17-43(31)37(47)51-19-18-50-32-16-8-14-30(38)24(32)3/h6-8,10-12,14-16,20-21,23,33H,4-5,9,13,17-19,22H2,1-3H3,(H2,40,41,46). The Bertz CT molecular complexity index is 1860. The smallest absolute Gasteiger partial charge is 0.414 e. The molecule has 0 aliphatic carbocycles. The maximum atomic E-state index is 13.1. The molecule has 2 heterocycles. The van der Waals surface area contributed by atoms with E-state index in [1.54, 1.807) is 53.9 Å². The number of amides is 3. The second kappa shape index (κ2) is 17.4. The summed E-state index contributed by atoms with van der Waals surface area (Å²) in [5.41, 5.74) is 5.82. The number of carbonyl (C=O) groups is 4. The molecule has 1 aliphatic heterocycles. The fourth-order valence-corrected chi connectivity index (χ4v) is 5.84. The van der Waals surface area contributed by atoms with E-state index in [0.29, 0.717) is 29.5 Å². The first-order valence-electron chi connectivity index (χ1n) is 16.6. The highest BCUT2D eigenvalue weighted by Crippen LogP contribution is 2.36. The molecule has 0 atom stereocenters. The van der Waals surface area contributed by atoms with Crippen molar-refractivity contribution in [2.75, 3.05) is 43.2 Å². The number of esters is 2. The van der Waals surface area contributed by atoms with E-state index < -0.39 is 30.1 Å². The van der Waals surface area contributed by atoms with Gasteiger partial charge in [-0.3, -0.25) is 9.58 Å². The lowest BCUT2D eigenvalue weighted by molar-refractivity contribution is -0.157. The molecule has 0 spiro atoms. The third-order valence-corrected chi connectivity index (χ3v) is 8.46. The van der Waals surface area contributed by atoms with E-state index in [-0.39, 0.29) is 26.4 Å². The van der Waals surface area contributed by atoms with Crippen LogP contribution in [0.2, 0.25) is 5.02 Å². The molecule has 0 saturated carbocycles. The number of anilines is 2. The van der Waals surface area contributed by atoms with Crippen LogP contribution in [0, 0.1) is 6.92 Å². The molecule has 14 heteroatoms. The number of nitrogens with zero attached hydrogens (tertiary/aromatic N) is 3. The Hall–Kier alpha value is -5.56. The van der Waals surface area contributed by atoms with Gasteiger partial charge in [0, 0.05) is 34.6 Å². The first kappa shape index (κ1) is 36.7. The van der Waals surface area contributed by atoms with E-state index in [2.05, 4.69) is 15.7 Å². The van der Waals surface area contributed by atoms with Crippen LogP contribution >= 0.6 is 11.6 Å². The van der Waals surface area contributed by atoms with Crippen molar-refractivity contribution in [2.45, 2.75) is 46.2 Å². The van der Waals surface area contributed by atoms with Gasteiger partial charge in [0.25, 0.3) is 0 Å². The first-order valence-corrected chi connectivity index (χ1v) is 17.0. The first-order chi connectivity index (χ1) is 24.7. The van der Waals surface area contributed by atoms with Crippen molar-refractivity contribution >= 4 is 47.0 Å². The molecule has 1 aliphatic rings. The average molecular weight is 718 g/mol. The Morgan fingerprint density at radius 3 is 2.45 bits per heavy atom. The normalized spacial score (nSPS) is 12.1. The minimum absolute atomic E-state index is 0.0395. The molecule has 51 heavy (non-hydrogen) atoms. The van der Waals surface area contributed by atoms with E-state index in [1.807, 2.05) is 49.5 Å². The van der Waals surface area contributed by atoms with E-state index in [9.17, 15) is 19.2 Å². The second-order valence-electron chi connectivity index (χ2n) is 11.5. The number of benzene rings is 3. The lowest BCUT2D eigenvalue weighted by atomic mass is 9.93. The lowest BCUT2D eigenvalue weighted by Gasteiger charge is -2.30. The van der Waals surface area contributed by atoms with Crippen molar-refractivity contribution in [3.63, 3.8) is 0 Å². The van der Waals surface area contributed by atoms with Crippen LogP contribution in [0.3, 0.4) is 0 Å². The summed E-state index contributed by atoms with van der Waals surface area (Å²) >= 11 is 6.17. The van der Waals surface area contributed by atoms with Gasteiger partial charge in [-0.05, 0) is 80.6 Å². The number of hydrogen-bond acceptors (Lipinski definition) is 9. The van der Waals surface area contributed by atoms with Crippen LogP contribution in [-0.2, 0) is 36.8 Å². The predicted molar refractivity (Wildman–Crippen MR) is 191 cm³/mol. The van der Waals surface area contributed by atoms with Crippen LogP contribution in [-0.4, -0.2) is 72.9 Å². The largest absolute Gasteiger partial charge is 0.490 e. The zero-order chi connectivity index (χ0) is 36.3. The topological polar surface area (TPSA) is 150 Å². The minimum atomic E-state index is -1.60. The molecule has 268 valence electrons. The van der Waals surface area contributed by atoms with E-state index in [1.165, 1.54) is 0 Å². The molecular formula is C37H40ClN5O8. The van der Waals surface area contributed by atoms with Crippen molar-refractivity contribution < 1.29 is 38.1 Å². The third kappa shape index (κ3) is 9.37. The Kier molecular flexibility index (Phi) is 12.5. The summed E-state index contributed by atoms with van der Waals surface area (Å²) in [6, 6.07) is 16.0. The van der Waals surface area contributed by atoms with E-state index >= 15 is 0 Å². The lowest BCUT2D eigenvalue weighted by Crippen LogP contribution is -2.49. The van der Waals surface area contributed by atoms with Gasteiger partial charge in [-0.25, -0.2) is 19.2 Å². The summed E-state index contributed by atoms with van der Waals surface area (Å²) in [5, 5.41) is 10.2. The number of hydrogen-bond donors (Lipinski definition) is 2. The van der Waals surface area contributed by atoms with Crippen LogP contribution in [0.4, 0.5) is 21.0 Å². The zero-order valence-electron chi connectivity index (χ0n) is 28.6. The molecule has 0 bridgehead atoms. The van der Waals surface area contributed by atoms with Crippen molar-refractivity contribution in [1.29, 1.82) is 0 Å². The molecule has 13 nitrogen and oxygen atoms in total. The summed E-state index contributed by atoms with van der Waals surface area (Å²) in [5.74, 6) is -1.17. The fraction of sp³-hybridized carbons (Fsp3) is 0.324. The van der Waals surface area contributed by atoms with Crippen LogP contribution in [0.15, 0.2) is 73.1 Å². The van der Waals surface area contributed by atoms with Gasteiger partial charge in [0.15, 0.2) is 0 Å². The summed E-state index contributed by atoms with van der Waals surface area (Å²) in [6.45, 7) is 6.37. The average Bonchev–Trinajstić information content (AvgIpc) is 3.58. The third-order valence-electron chi connectivity index (χ3n) is 8.05. The Morgan fingerprint density at radius 2 is 1.69 bits per heavy atom. The van der Waals surface area contributed by atoms with Crippen LogP contribution in [0.1, 0.15) is 37.0 Å². The Balaban J connectivity index is 1.21. The van der Waals surface area contributed by atoms with Crippen LogP contribution < -0.4 is 20.3 Å². The number of aromatic nitrogens is 2. The number of fused-ring (bicyclic) bond motifs is 1. The van der Waals surface area contributed by atoms with Gasteiger partial charge in [-0.1, -0.05) is 41.9 Å². The molecule has 4 aromatic rings. The predicted octanol–water partition coefficient (Wildman–Crippen LogP) is 6.14. The van der Waals surface area contributed by atoms with Gasteiger partial charge < -0.3 is 29.6 Å². The molecule has 5 rings (SSSR count). The number of urea groups is 1. The van der Waals surface area contributed by atoms with Crippen molar-refractivity contribution in [2.24, 2.45) is 0 Å². The molecule has 3 aromatic carbocycles. The quantitative estimate of drug-likeness (QED) is 0.0719. The maximum absolute atomic E-state index is 13.1. The number of rotatable bonds is 13. The summed E-state index contributed by atoms with van der Waals surface area (Å²) in [4.78, 5) is 52.0. The molecule has 3 amide bonds. The van der Waals surface area contributed by atoms with E-state index in [4.69, 9.17) is 30.5 Å². The molecular weight excluding hydrogens is 678 g/mol.